The molecule has 0 aromatic heterocycles. The molecule has 7 nitrogen and oxygen atoms in total. The predicted molar refractivity (Wildman–Crippen MR) is 98.6 cm³/mol. The van der Waals surface area contributed by atoms with Crippen molar-refractivity contribution >= 4 is 17.8 Å². The summed E-state index contributed by atoms with van der Waals surface area (Å²) in [4.78, 5) is 40.1. The van der Waals surface area contributed by atoms with Crippen LogP contribution in [-0.4, -0.2) is 64.9 Å². The Labute approximate surface area is 155 Å². The molecule has 26 heavy (non-hydrogen) atoms. The fourth-order valence-electron chi connectivity index (χ4n) is 4.46. The van der Waals surface area contributed by atoms with E-state index in [0.29, 0.717) is 6.04 Å². The summed E-state index contributed by atoms with van der Waals surface area (Å²) in [6.07, 6.45) is 9.92. The average Bonchev–Trinajstić information content (AvgIpc) is 2.82. The molecule has 2 N–H and O–H groups in total. The van der Waals surface area contributed by atoms with Crippen molar-refractivity contribution in [3.63, 3.8) is 0 Å². The Morgan fingerprint density at radius 3 is 2.42 bits per heavy atom. The predicted octanol–water partition coefficient (Wildman–Crippen LogP) is 1.62. The highest BCUT2D eigenvalue weighted by molar-refractivity contribution is 6.07. The number of imide groups is 1. The van der Waals surface area contributed by atoms with E-state index in [1.54, 1.807) is 13.8 Å². The van der Waals surface area contributed by atoms with E-state index < -0.39 is 11.6 Å². The number of urea groups is 1. The van der Waals surface area contributed by atoms with E-state index in [-0.39, 0.29) is 24.4 Å². The van der Waals surface area contributed by atoms with Crippen LogP contribution < -0.4 is 10.6 Å². The summed E-state index contributed by atoms with van der Waals surface area (Å²) >= 11 is 0. The highest BCUT2D eigenvalue weighted by atomic mass is 16.2. The number of carbonyl (C=O) groups excluding carboxylic acids is 3. The lowest BCUT2D eigenvalue weighted by molar-refractivity contribution is -0.127. The number of nitrogens with zero attached hydrogens (tertiary/aromatic N) is 2. The van der Waals surface area contributed by atoms with Crippen molar-refractivity contribution in [2.24, 2.45) is 0 Å². The molecule has 1 aliphatic carbocycles. The lowest BCUT2D eigenvalue weighted by atomic mass is 9.99. The standard InChI is InChI=1S/C19H32N4O3/c1-19(2)17(25)21-18(26)23(19)13-16(24)20-14-8-7-11-22(12-14)15-9-5-3-4-6-10-15/h14-15H,3-13H2,1-2H3,(H,20,24)(H,21,25,26)/t14-/m0/s1. The molecule has 2 saturated heterocycles. The van der Waals surface area contributed by atoms with Gasteiger partial charge in [0.25, 0.3) is 5.91 Å². The highest BCUT2D eigenvalue weighted by Gasteiger charge is 2.46. The average molecular weight is 364 g/mol. The summed E-state index contributed by atoms with van der Waals surface area (Å²) in [6, 6.07) is 0.293. The summed E-state index contributed by atoms with van der Waals surface area (Å²) < 4.78 is 0. The molecule has 3 fully saturated rings. The largest absolute Gasteiger partial charge is 0.351 e. The zero-order chi connectivity index (χ0) is 18.7. The van der Waals surface area contributed by atoms with Gasteiger partial charge in [-0.05, 0) is 46.1 Å². The molecule has 4 amide bonds. The Kier molecular flexibility index (Phi) is 5.85. The van der Waals surface area contributed by atoms with Crippen LogP contribution in [0.15, 0.2) is 0 Å². The van der Waals surface area contributed by atoms with Crippen molar-refractivity contribution in [2.75, 3.05) is 19.6 Å². The number of amides is 4. The first-order chi connectivity index (χ1) is 12.4. The first-order valence-corrected chi connectivity index (χ1v) is 10.0. The zero-order valence-electron chi connectivity index (χ0n) is 16.1. The van der Waals surface area contributed by atoms with Crippen molar-refractivity contribution in [2.45, 2.75) is 82.8 Å². The fraction of sp³-hybridized carbons (Fsp3) is 0.842. The van der Waals surface area contributed by atoms with Crippen molar-refractivity contribution in [1.29, 1.82) is 0 Å². The van der Waals surface area contributed by atoms with E-state index in [1.165, 1.54) is 43.4 Å². The smallest absolute Gasteiger partial charge is 0.325 e. The van der Waals surface area contributed by atoms with Crippen LogP contribution in [-0.2, 0) is 9.59 Å². The van der Waals surface area contributed by atoms with Crippen LogP contribution in [0, 0.1) is 0 Å². The molecule has 2 heterocycles. The van der Waals surface area contributed by atoms with E-state index in [1.807, 2.05) is 0 Å². The molecule has 0 spiro atoms. The van der Waals surface area contributed by atoms with E-state index in [0.717, 1.165) is 25.9 Å². The van der Waals surface area contributed by atoms with Gasteiger partial charge in [-0.1, -0.05) is 25.7 Å². The van der Waals surface area contributed by atoms with Crippen molar-refractivity contribution < 1.29 is 14.4 Å². The first kappa shape index (κ1) is 19.1. The number of rotatable bonds is 4. The first-order valence-electron chi connectivity index (χ1n) is 10.0. The minimum atomic E-state index is -0.979. The molecule has 146 valence electrons. The van der Waals surface area contributed by atoms with Gasteiger partial charge in [0.05, 0.1) is 0 Å². The number of hydrogen-bond acceptors (Lipinski definition) is 4. The van der Waals surface area contributed by atoms with Crippen molar-refractivity contribution in [3.8, 4) is 0 Å². The van der Waals surface area contributed by atoms with Gasteiger partial charge in [-0.2, -0.15) is 0 Å². The minimum absolute atomic E-state index is 0.0789. The van der Waals surface area contributed by atoms with Gasteiger partial charge < -0.3 is 10.2 Å². The molecule has 1 atom stereocenters. The summed E-state index contributed by atoms with van der Waals surface area (Å²) in [5, 5.41) is 5.37. The Morgan fingerprint density at radius 2 is 1.81 bits per heavy atom. The second-order valence-electron chi connectivity index (χ2n) is 8.45. The van der Waals surface area contributed by atoms with Crippen LogP contribution in [0.1, 0.15) is 65.2 Å². The molecule has 1 saturated carbocycles. The number of nitrogens with one attached hydrogen (secondary N) is 2. The Hall–Kier alpha value is -1.63. The highest BCUT2D eigenvalue weighted by Crippen LogP contribution is 2.25. The van der Waals surface area contributed by atoms with Gasteiger partial charge in [-0.25, -0.2) is 4.79 Å². The van der Waals surface area contributed by atoms with E-state index >= 15 is 0 Å². The summed E-state index contributed by atoms with van der Waals surface area (Å²) in [7, 11) is 0. The van der Waals surface area contributed by atoms with E-state index in [9.17, 15) is 14.4 Å². The third-order valence-corrected chi connectivity index (χ3v) is 6.16. The Balaban J connectivity index is 1.52. The second kappa shape index (κ2) is 7.94. The molecule has 0 aromatic rings. The molecular formula is C19H32N4O3. The minimum Gasteiger partial charge on any atom is -0.351 e. The summed E-state index contributed by atoms with van der Waals surface area (Å²) in [6.45, 7) is 5.26. The van der Waals surface area contributed by atoms with Crippen LogP contribution in [0.3, 0.4) is 0 Å². The SMILES string of the molecule is CC1(C)C(=O)NC(=O)N1CC(=O)N[C@H]1CCCN(C2CCCCCC2)C1. The van der Waals surface area contributed by atoms with E-state index in [4.69, 9.17) is 0 Å². The number of likely N-dealkylation sites (tertiary alicyclic amines) is 1. The molecule has 0 radical (unpaired) electrons. The van der Waals surface area contributed by atoms with Gasteiger partial charge in [-0.3, -0.25) is 19.8 Å². The van der Waals surface area contributed by atoms with Gasteiger partial charge >= 0.3 is 6.03 Å². The number of piperidine rings is 1. The van der Waals surface area contributed by atoms with Crippen LogP contribution in [0.4, 0.5) is 4.79 Å². The lowest BCUT2D eigenvalue weighted by Gasteiger charge is -2.38. The third kappa shape index (κ3) is 4.19. The third-order valence-electron chi connectivity index (χ3n) is 6.16. The Morgan fingerprint density at radius 1 is 1.12 bits per heavy atom. The Bertz CT molecular complexity index is 555. The van der Waals surface area contributed by atoms with Crippen molar-refractivity contribution in [3.05, 3.63) is 0 Å². The maximum atomic E-state index is 12.5. The van der Waals surface area contributed by atoms with Crippen LogP contribution in [0.5, 0.6) is 0 Å². The maximum absolute atomic E-state index is 12.5. The van der Waals surface area contributed by atoms with Gasteiger partial charge in [-0.15, -0.1) is 0 Å². The quantitative estimate of drug-likeness (QED) is 0.587. The summed E-state index contributed by atoms with van der Waals surface area (Å²) in [5.74, 6) is -0.539. The van der Waals surface area contributed by atoms with Crippen LogP contribution >= 0.6 is 0 Å². The molecule has 7 heteroatoms. The van der Waals surface area contributed by atoms with Gasteiger partial charge in [0.15, 0.2) is 0 Å². The van der Waals surface area contributed by atoms with Crippen LogP contribution in [0.2, 0.25) is 0 Å². The van der Waals surface area contributed by atoms with Crippen molar-refractivity contribution in [1.82, 2.24) is 20.4 Å². The molecule has 3 aliphatic rings. The monoisotopic (exact) mass is 364 g/mol. The molecule has 2 aliphatic heterocycles. The van der Waals surface area contributed by atoms with E-state index in [2.05, 4.69) is 15.5 Å². The normalized spacial score (nSPS) is 27.9. The second-order valence-corrected chi connectivity index (χ2v) is 8.45. The maximum Gasteiger partial charge on any atom is 0.325 e. The molecular weight excluding hydrogens is 332 g/mol. The molecule has 0 aromatic carbocycles. The number of carbonyl (C=O) groups is 3. The van der Waals surface area contributed by atoms with Gasteiger partial charge in [0.1, 0.15) is 12.1 Å². The van der Waals surface area contributed by atoms with Crippen LogP contribution in [0.25, 0.3) is 0 Å². The zero-order valence-corrected chi connectivity index (χ0v) is 16.1. The molecule has 0 bridgehead atoms. The lowest BCUT2D eigenvalue weighted by Crippen LogP contribution is -2.54. The number of hydrogen-bond donors (Lipinski definition) is 2. The van der Waals surface area contributed by atoms with Gasteiger partial charge in [0, 0.05) is 18.6 Å². The van der Waals surface area contributed by atoms with Gasteiger partial charge in [0.2, 0.25) is 5.91 Å². The summed E-state index contributed by atoms with van der Waals surface area (Å²) in [5.41, 5.74) is -0.979. The topological polar surface area (TPSA) is 81.8 Å². The fourth-order valence-corrected chi connectivity index (χ4v) is 4.46. The molecule has 3 rings (SSSR count). The molecule has 0 unspecified atom stereocenters.